The average Bonchev–Trinajstić information content (AvgIpc) is 2.85. The van der Waals surface area contributed by atoms with Crippen LogP contribution >= 0.6 is 0 Å². The van der Waals surface area contributed by atoms with Gasteiger partial charge in [0.2, 0.25) is 0 Å². The van der Waals surface area contributed by atoms with Gasteiger partial charge in [-0.1, -0.05) is 6.07 Å². The summed E-state index contributed by atoms with van der Waals surface area (Å²) in [7, 11) is 0. The van der Waals surface area contributed by atoms with Crippen LogP contribution in [0.2, 0.25) is 0 Å². The molecular weight excluding hydrogens is 316 g/mol. The van der Waals surface area contributed by atoms with Crippen LogP contribution < -0.4 is 5.32 Å². The second-order valence-corrected chi connectivity index (χ2v) is 5.99. The zero-order valence-electron chi connectivity index (χ0n) is 13.4. The Morgan fingerprint density at radius 1 is 1.29 bits per heavy atom. The largest absolute Gasteiger partial charge is 0.455 e. The molecule has 1 N–H and O–H groups in total. The topological polar surface area (TPSA) is 59.3 Å². The number of rotatable bonds is 3. The van der Waals surface area contributed by atoms with Crippen molar-refractivity contribution in [1.29, 1.82) is 0 Å². The first-order valence-electron chi connectivity index (χ1n) is 7.79. The van der Waals surface area contributed by atoms with Gasteiger partial charge in [0.25, 0.3) is 5.91 Å². The number of fused-ring (bicyclic) bond motifs is 1. The molecule has 1 atom stereocenters. The Balaban J connectivity index is 1.84. The van der Waals surface area contributed by atoms with Crippen LogP contribution in [-0.2, 0) is 6.42 Å². The monoisotopic (exact) mass is 333 g/mol. The Labute approximate surface area is 137 Å². The normalized spacial score (nSPS) is 15.1. The molecule has 1 aliphatic carbocycles. The Morgan fingerprint density at radius 3 is 2.71 bits per heavy atom. The number of amides is 1. The second kappa shape index (κ2) is 6.19. The van der Waals surface area contributed by atoms with E-state index < -0.39 is 23.6 Å². The number of ketones is 1. The Morgan fingerprint density at radius 2 is 2.04 bits per heavy atom. The molecule has 0 unspecified atom stereocenters. The minimum absolute atomic E-state index is 0.0193. The van der Waals surface area contributed by atoms with Gasteiger partial charge in [-0.3, -0.25) is 9.59 Å². The standard InChI is InChI=1S/C18H17F2NO3/c1-9-16-14(22)4-3-5-15(16)24-17(9)18(23)21-10(2)12-7-6-11(19)8-13(12)20/h6-8,10H,3-5H2,1-2H3,(H,21,23)/t10-/m0/s1. The smallest absolute Gasteiger partial charge is 0.287 e. The Bertz CT molecular complexity index is 826. The zero-order valence-corrected chi connectivity index (χ0v) is 13.4. The lowest BCUT2D eigenvalue weighted by atomic mass is 9.94. The van der Waals surface area contributed by atoms with E-state index in [9.17, 15) is 18.4 Å². The number of benzene rings is 1. The maximum Gasteiger partial charge on any atom is 0.287 e. The summed E-state index contributed by atoms with van der Waals surface area (Å²) in [6, 6.07) is 2.53. The number of hydrogen-bond donors (Lipinski definition) is 1. The van der Waals surface area contributed by atoms with Crippen LogP contribution in [-0.4, -0.2) is 11.7 Å². The lowest BCUT2D eigenvalue weighted by Crippen LogP contribution is -2.27. The van der Waals surface area contributed by atoms with Crippen molar-refractivity contribution in [3.05, 3.63) is 58.0 Å². The maximum absolute atomic E-state index is 13.8. The van der Waals surface area contributed by atoms with Crippen LogP contribution in [0.5, 0.6) is 0 Å². The van der Waals surface area contributed by atoms with Gasteiger partial charge in [0, 0.05) is 30.0 Å². The summed E-state index contributed by atoms with van der Waals surface area (Å²) < 4.78 is 32.4. The molecule has 24 heavy (non-hydrogen) atoms. The highest BCUT2D eigenvalue weighted by Gasteiger charge is 2.29. The summed E-state index contributed by atoms with van der Waals surface area (Å²) in [6.45, 7) is 3.27. The van der Waals surface area contributed by atoms with Gasteiger partial charge >= 0.3 is 0 Å². The molecule has 2 aromatic rings. The SMILES string of the molecule is Cc1c(C(=O)N[C@@H](C)c2ccc(F)cc2F)oc2c1C(=O)CCC2. The summed E-state index contributed by atoms with van der Waals surface area (Å²) in [5, 5.41) is 2.63. The van der Waals surface area contributed by atoms with Crippen molar-refractivity contribution in [2.75, 3.05) is 0 Å². The summed E-state index contributed by atoms with van der Waals surface area (Å²) in [5.74, 6) is -1.34. The van der Waals surface area contributed by atoms with E-state index in [1.165, 1.54) is 6.07 Å². The number of halogens is 2. The molecule has 1 aromatic heterocycles. The molecule has 3 rings (SSSR count). The van der Waals surface area contributed by atoms with Crippen molar-refractivity contribution in [3.8, 4) is 0 Å². The number of Topliss-reactive ketones (excluding diaryl/α,β-unsaturated/α-hetero) is 1. The number of carbonyl (C=O) groups is 2. The van der Waals surface area contributed by atoms with Gasteiger partial charge in [-0.25, -0.2) is 8.78 Å². The van der Waals surface area contributed by atoms with Crippen molar-refractivity contribution in [2.24, 2.45) is 0 Å². The zero-order chi connectivity index (χ0) is 17.4. The summed E-state index contributed by atoms with van der Waals surface area (Å²) in [4.78, 5) is 24.4. The van der Waals surface area contributed by atoms with E-state index in [4.69, 9.17) is 4.42 Å². The predicted molar refractivity (Wildman–Crippen MR) is 83.0 cm³/mol. The van der Waals surface area contributed by atoms with Crippen LogP contribution in [0.4, 0.5) is 8.78 Å². The number of aryl methyl sites for hydroxylation is 1. The van der Waals surface area contributed by atoms with Gasteiger partial charge < -0.3 is 9.73 Å². The van der Waals surface area contributed by atoms with E-state index in [0.717, 1.165) is 12.1 Å². The Kier molecular flexibility index (Phi) is 4.22. The van der Waals surface area contributed by atoms with E-state index in [1.807, 2.05) is 0 Å². The molecule has 6 heteroatoms. The molecular formula is C18H17F2NO3. The van der Waals surface area contributed by atoms with Gasteiger partial charge in [-0.2, -0.15) is 0 Å². The fraction of sp³-hybridized carbons (Fsp3) is 0.333. The van der Waals surface area contributed by atoms with E-state index >= 15 is 0 Å². The van der Waals surface area contributed by atoms with Crippen LogP contribution in [0.25, 0.3) is 0 Å². The molecule has 1 heterocycles. The molecule has 1 aromatic carbocycles. The quantitative estimate of drug-likeness (QED) is 0.927. The highest BCUT2D eigenvalue weighted by atomic mass is 19.1. The molecule has 0 saturated carbocycles. The van der Waals surface area contributed by atoms with Crippen molar-refractivity contribution in [3.63, 3.8) is 0 Å². The lowest BCUT2D eigenvalue weighted by molar-refractivity contribution is 0.0905. The molecule has 4 nitrogen and oxygen atoms in total. The minimum atomic E-state index is -0.728. The lowest BCUT2D eigenvalue weighted by Gasteiger charge is -2.14. The number of carbonyl (C=O) groups excluding carboxylic acids is 2. The maximum atomic E-state index is 13.8. The average molecular weight is 333 g/mol. The molecule has 0 spiro atoms. The van der Waals surface area contributed by atoms with Crippen LogP contribution in [0.1, 0.15) is 63.6 Å². The second-order valence-electron chi connectivity index (χ2n) is 5.99. The third-order valence-electron chi connectivity index (χ3n) is 4.29. The van der Waals surface area contributed by atoms with E-state index in [1.54, 1.807) is 13.8 Å². The molecule has 0 saturated heterocycles. The summed E-state index contributed by atoms with van der Waals surface area (Å²) in [6.07, 6.45) is 1.78. The van der Waals surface area contributed by atoms with Crippen molar-refractivity contribution in [2.45, 2.75) is 39.2 Å². The predicted octanol–water partition coefficient (Wildman–Crippen LogP) is 3.88. The molecule has 0 aliphatic heterocycles. The first kappa shape index (κ1) is 16.4. The van der Waals surface area contributed by atoms with Gasteiger partial charge in [0.15, 0.2) is 11.5 Å². The fourth-order valence-electron chi connectivity index (χ4n) is 3.06. The van der Waals surface area contributed by atoms with E-state index in [2.05, 4.69) is 5.32 Å². The van der Waals surface area contributed by atoms with E-state index in [0.29, 0.717) is 36.1 Å². The van der Waals surface area contributed by atoms with Gasteiger partial charge in [0.05, 0.1) is 11.6 Å². The summed E-state index contributed by atoms with van der Waals surface area (Å²) in [5.41, 5.74) is 1.18. The minimum Gasteiger partial charge on any atom is -0.455 e. The molecule has 0 fully saturated rings. The highest BCUT2D eigenvalue weighted by molar-refractivity contribution is 6.03. The van der Waals surface area contributed by atoms with Crippen LogP contribution in [0.15, 0.2) is 22.6 Å². The molecule has 0 radical (unpaired) electrons. The Hall–Kier alpha value is -2.50. The van der Waals surface area contributed by atoms with Gasteiger partial charge in [-0.15, -0.1) is 0 Å². The molecule has 1 aliphatic rings. The van der Waals surface area contributed by atoms with Gasteiger partial charge in [0.1, 0.15) is 17.4 Å². The van der Waals surface area contributed by atoms with Crippen molar-refractivity contribution < 1.29 is 22.8 Å². The highest BCUT2D eigenvalue weighted by Crippen LogP contribution is 2.29. The first-order valence-corrected chi connectivity index (χ1v) is 7.79. The molecule has 0 bridgehead atoms. The number of hydrogen-bond acceptors (Lipinski definition) is 3. The van der Waals surface area contributed by atoms with Crippen LogP contribution in [0.3, 0.4) is 0 Å². The third kappa shape index (κ3) is 2.84. The van der Waals surface area contributed by atoms with Crippen LogP contribution in [0, 0.1) is 18.6 Å². The fourth-order valence-corrected chi connectivity index (χ4v) is 3.06. The number of nitrogens with one attached hydrogen (secondary N) is 1. The van der Waals surface area contributed by atoms with Crippen molar-refractivity contribution >= 4 is 11.7 Å². The number of furan rings is 1. The summed E-state index contributed by atoms with van der Waals surface area (Å²) >= 11 is 0. The molecule has 1 amide bonds. The van der Waals surface area contributed by atoms with Crippen molar-refractivity contribution in [1.82, 2.24) is 5.32 Å². The van der Waals surface area contributed by atoms with Gasteiger partial charge in [-0.05, 0) is 26.3 Å². The first-order chi connectivity index (χ1) is 11.4. The molecule has 126 valence electrons. The van der Waals surface area contributed by atoms with E-state index in [-0.39, 0.29) is 17.1 Å². The third-order valence-corrected chi connectivity index (χ3v) is 4.29.